The number of likely N-dealkylation sites (tertiary alicyclic amines) is 1. The van der Waals surface area contributed by atoms with Crippen LogP contribution in [0.1, 0.15) is 38.2 Å². The van der Waals surface area contributed by atoms with Gasteiger partial charge in [0.2, 0.25) is 11.8 Å². The lowest BCUT2D eigenvalue weighted by atomic mass is 9.92. The Morgan fingerprint density at radius 1 is 0.962 bits per heavy atom. The maximum Gasteiger partial charge on any atom is 0.230 e. The molecule has 140 valence electrons. The van der Waals surface area contributed by atoms with Crippen LogP contribution in [0.3, 0.4) is 0 Å². The molecule has 0 N–H and O–H groups in total. The fourth-order valence-electron chi connectivity index (χ4n) is 4.65. The number of piperidine rings is 1. The average molecular weight is 356 g/mol. The maximum atomic E-state index is 13.2. The van der Waals surface area contributed by atoms with E-state index in [1.54, 1.807) is 0 Å². The molecular formula is C21H28N2O3. The highest BCUT2D eigenvalue weighted by molar-refractivity contribution is 5.97. The summed E-state index contributed by atoms with van der Waals surface area (Å²) in [5.41, 5.74) is 2.34. The highest BCUT2D eigenvalue weighted by Gasteiger charge is 2.37. The molecule has 0 spiro atoms. The topological polar surface area (TPSA) is 49.9 Å². The van der Waals surface area contributed by atoms with E-state index in [0.717, 1.165) is 37.8 Å². The van der Waals surface area contributed by atoms with Crippen molar-refractivity contribution in [3.63, 3.8) is 0 Å². The molecule has 2 amide bonds. The standard InChI is InChI=1S/C21H28N2O3/c1-15-14-18-4-2-3-5-19(18)23(15)21(25)16-6-10-22(11-7-16)20(24)17-8-12-26-13-9-17/h2-5,15-17H,6-14H2,1H3. The summed E-state index contributed by atoms with van der Waals surface area (Å²) in [5.74, 6) is 0.642. The Morgan fingerprint density at radius 3 is 2.35 bits per heavy atom. The molecule has 0 bridgehead atoms. The molecule has 2 saturated heterocycles. The highest BCUT2D eigenvalue weighted by Crippen LogP contribution is 2.34. The van der Waals surface area contributed by atoms with E-state index in [2.05, 4.69) is 19.1 Å². The zero-order valence-electron chi connectivity index (χ0n) is 15.5. The van der Waals surface area contributed by atoms with Gasteiger partial charge in [-0.05, 0) is 50.7 Å². The van der Waals surface area contributed by atoms with Crippen molar-refractivity contribution >= 4 is 17.5 Å². The number of para-hydroxylation sites is 1. The van der Waals surface area contributed by atoms with Gasteiger partial charge in [0.1, 0.15) is 0 Å². The molecule has 5 heteroatoms. The predicted octanol–water partition coefficient (Wildman–Crippen LogP) is 2.63. The molecule has 5 nitrogen and oxygen atoms in total. The third kappa shape index (κ3) is 3.25. The minimum Gasteiger partial charge on any atom is -0.381 e. The largest absolute Gasteiger partial charge is 0.381 e. The van der Waals surface area contributed by atoms with Crippen LogP contribution in [-0.2, 0) is 20.7 Å². The molecule has 0 aromatic heterocycles. The number of carbonyl (C=O) groups is 2. The predicted molar refractivity (Wildman–Crippen MR) is 99.9 cm³/mol. The van der Waals surface area contributed by atoms with Gasteiger partial charge >= 0.3 is 0 Å². The number of ether oxygens (including phenoxy) is 1. The van der Waals surface area contributed by atoms with E-state index in [1.165, 1.54) is 5.56 Å². The monoisotopic (exact) mass is 356 g/mol. The second-order valence-electron chi connectivity index (χ2n) is 7.88. The van der Waals surface area contributed by atoms with Crippen LogP contribution in [-0.4, -0.2) is 49.1 Å². The summed E-state index contributed by atoms with van der Waals surface area (Å²) in [6.45, 7) is 4.92. The Balaban J connectivity index is 1.37. The van der Waals surface area contributed by atoms with E-state index >= 15 is 0 Å². The van der Waals surface area contributed by atoms with Crippen molar-refractivity contribution in [2.24, 2.45) is 11.8 Å². The summed E-state index contributed by atoms with van der Waals surface area (Å²) >= 11 is 0. The van der Waals surface area contributed by atoms with Crippen molar-refractivity contribution < 1.29 is 14.3 Å². The van der Waals surface area contributed by atoms with Gasteiger partial charge in [0.15, 0.2) is 0 Å². The molecule has 1 aromatic rings. The number of amides is 2. The van der Waals surface area contributed by atoms with E-state index in [4.69, 9.17) is 4.74 Å². The second kappa shape index (κ2) is 7.39. The molecule has 0 saturated carbocycles. The average Bonchev–Trinajstić information content (AvgIpc) is 3.03. The number of hydrogen-bond acceptors (Lipinski definition) is 3. The number of hydrogen-bond donors (Lipinski definition) is 0. The summed E-state index contributed by atoms with van der Waals surface area (Å²) in [4.78, 5) is 29.8. The van der Waals surface area contributed by atoms with Crippen molar-refractivity contribution in [1.29, 1.82) is 0 Å². The van der Waals surface area contributed by atoms with Crippen molar-refractivity contribution in [3.8, 4) is 0 Å². The molecule has 0 radical (unpaired) electrons. The summed E-state index contributed by atoms with van der Waals surface area (Å²) in [6.07, 6.45) is 4.15. The second-order valence-corrected chi connectivity index (χ2v) is 7.88. The van der Waals surface area contributed by atoms with Crippen LogP contribution >= 0.6 is 0 Å². The van der Waals surface area contributed by atoms with Gasteiger partial charge in [0.05, 0.1) is 0 Å². The minimum atomic E-state index is 0.0299. The lowest BCUT2D eigenvalue weighted by Crippen LogP contribution is -2.47. The van der Waals surface area contributed by atoms with Crippen LogP contribution in [0, 0.1) is 11.8 Å². The number of benzene rings is 1. The normalized spacial score (nSPS) is 24.6. The molecule has 1 atom stereocenters. The Hall–Kier alpha value is -1.88. The van der Waals surface area contributed by atoms with Gasteiger partial charge in [-0.2, -0.15) is 0 Å². The van der Waals surface area contributed by atoms with Crippen molar-refractivity contribution in [1.82, 2.24) is 4.90 Å². The van der Waals surface area contributed by atoms with Crippen molar-refractivity contribution in [2.45, 2.75) is 45.1 Å². The SMILES string of the molecule is CC1Cc2ccccc2N1C(=O)C1CCN(C(=O)C2CCOCC2)CC1. The zero-order valence-corrected chi connectivity index (χ0v) is 15.5. The fraction of sp³-hybridized carbons (Fsp3) is 0.619. The van der Waals surface area contributed by atoms with E-state index in [-0.39, 0.29) is 29.7 Å². The zero-order chi connectivity index (χ0) is 18.1. The van der Waals surface area contributed by atoms with Gasteiger partial charge in [-0.15, -0.1) is 0 Å². The van der Waals surface area contributed by atoms with Crippen LogP contribution in [0.2, 0.25) is 0 Å². The van der Waals surface area contributed by atoms with Gasteiger partial charge in [-0.3, -0.25) is 9.59 Å². The highest BCUT2D eigenvalue weighted by atomic mass is 16.5. The summed E-state index contributed by atoms with van der Waals surface area (Å²) in [5, 5.41) is 0. The molecule has 2 fully saturated rings. The number of nitrogens with zero attached hydrogens (tertiary/aromatic N) is 2. The number of carbonyl (C=O) groups excluding carboxylic acids is 2. The van der Waals surface area contributed by atoms with Crippen molar-refractivity contribution in [3.05, 3.63) is 29.8 Å². The van der Waals surface area contributed by atoms with Gasteiger partial charge in [-0.1, -0.05) is 18.2 Å². The van der Waals surface area contributed by atoms with Crippen molar-refractivity contribution in [2.75, 3.05) is 31.2 Å². The lowest BCUT2D eigenvalue weighted by molar-refractivity contribution is -0.141. The third-order valence-corrected chi connectivity index (χ3v) is 6.17. The molecule has 4 rings (SSSR count). The molecular weight excluding hydrogens is 328 g/mol. The summed E-state index contributed by atoms with van der Waals surface area (Å²) in [6, 6.07) is 8.45. The van der Waals surface area contributed by atoms with Crippen LogP contribution in [0.15, 0.2) is 24.3 Å². The van der Waals surface area contributed by atoms with Gasteiger partial charge in [-0.25, -0.2) is 0 Å². The molecule has 1 unspecified atom stereocenters. The molecule has 1 aromatic carbocycles. The Morgan fingerprint density at radius 2 is 1.62 bits per heavy atom. The first-order valence-electron chi connectivity index (χ1n) is 9.92. The fourth-order valence-corrected chi connectivity index (χ4v) is 4.65. The van der Waals surface area contributed by atoms with Crippen LogP contribution < -0.4 is 4.90 Å². The number of fused-ring (bicyclic) bond motifs is 1. The smallest absolute Gasteiger partial charge is 0.230 e. The molecule has 26 heavy (non-hydrogen) atoms. The molecule has 3 heterocycles. The lowest BCUT2D eigenvalue weighted by Gasteiger charge is -2.36. The molecule has 3 aliphatic rings. The van der Waals surface area contributed by atoms with Crippen LogP contribution in [0.4, 0.5) is 5.69 Å². The van der Waals surface area contributed by atoms with Crippen LogP contribution in [0.25, 0.3) is 0 Å². The maximum absolute atomic E-state index is 13.2. The molecule has 0 aliphatic carbocycles. The quantitative estimate of drug-likeness (QED) is 0.818. The number of rotatable bonds is 2. The Bertz CT molecular complexity index is 676. The summed E-state index contributed by atoms with van der Waals surface area (Å²) < 4.78 is 5.36. The van der Waals surface area contributed by atoms with E-state index in [9.17, 15) is 9.59 Å². The van der Waals surface area contributed by atoms with Gasteiger partial charge in [0, 0.05) is 49.9 Å². The van der Waals surface area contributed by atoms with E-state index in [1.807, 2.05) is 21.9 Å². The van der Waals surface area contributed by atoms with E-state index < -0.39 is 0 Å². The third-order valence-electron chi connectivity index (χ3n) is 6.17. The minimum absolute atomic E-state index is 0.0299. The molecule has 3 aliphatic heterocycles. The Labute approximate surface area is 155 Å². The number of anilines is 1. The van der Waals surface area contributed by atoms with Gasteiger partial charge in [0.25, 0.3) is 0 Å². The first-order valence-corrected chi connectivity index (χ1v) is 9.92. The Kier molecular flexibility index (Phi) is 4.98. The summed E-state index contributed by atoms with van der Waals surface area (Å²) in [7, 11) is 0. The van der Waals surface area contributed by atoms with Gasteiger partial charge < -0.3 is 14.5 Å². The first-order chi connectivity index (χ1) is 12.6. The van der Waals surface area contributed by atoms with E-state index in [0.29, 0.717) is 26.3 Å². The van der Waals surface area contributed by atoms with Crippen LogP contribution in [0.5, 0.6) is 0 Å². The first kappa shape index (κ1) is 17.5.